The second-order valence-corrected chi connectivity index (χ2v) is 6.94. The Balaban J connectivity index is 1.36. The molecule has 0 fully saturated rings. The summed E-state index contributed by atoms with van der Waals surface area (Å²) in [6.45, 7) is 0.563. The van der Waals surface area contributed by atoms with Gasteiger partial charge in [0.05, 0.1) is 12.4 Å². The number of fused-ring (bicyclic) bond motifs is 1. The molecule has 2 N–H and O–H groups in total. The van der Waals surface area contributed by atoms with Crippen molar-refractivity contribution < 1.29 is 9.59 Å². The molecule has 1 heterocycles. The third-order valence-electron chi connectivity index (χ3n) is 5.00. The second-order valence-electron chi connectivity index (χ2n) is 6.94. The number of rotatable bonds is 6. The highest BCUT2D eigenvalue weighted by Gasteiger charge is 2.23. The summed E-state index contributed by atoms with van der Waals surface area (Å²) >= 11 is 0. The Morgan fingerprint density at radius 3 is 2.89 bits per heavy atom. The molecule has 0 aliphatic heterocycles. The first-order valence-electron chi connectivity index (χ1n) is 9.43. The van der Waals surface area contributed by atoms with E-state index in [0.29, 0.717) is 24.2 Å². The third kappa shape index (κ3) is 4.11. The smallest absolute Gasteiger partial charge is 0.251 e. The molecule has 3 aromatic rings. The highest BCUT2D eigenvalue weighted by atomic mass is 16.2. The summed E-state index contributed by atoms with van der Waals surface area (Å²) < 4.78 is 1.85. The van der Waals surface area contributed by atoms with Crippen LogP contribution < -0.4 is 10.6 Å². The Morgan fingerprint density at radius 1 is 1.14 bits per heavy atom. The summed E-state index contributed by atoms with van der Waals surface area (Å²) in [7, 11) is 0. The maximum Gasteiger partial charge on any atom is 0.251 e. The van der Waals surface area contributed by atoms with Crippen LogP contribution in [-0.2, 0) is 17.8 Å². The van der Waals surface area contributed by atoms with E-state index < -0.39 is 0 Å². The Hall–Kier alpha value is -3.41. The monoisotopic (exact) mass is 374 g/mol. The van der Waals surface area contributed by atoms with Crippen LogP contribution in [0, 0.1) is 0 Å². The van der Waals surface area contributed by atoms with E-state index in [4.69, 9.17) is 0 Å². The molecule has 1 aliphatic rings. The molecule has 0 unspecified atom stereocenters. The van der Waals surface area contributed by atoms with Gasteiger partial charge in [-0.3, -0.25) is 9.59 Å². The molecule has 2 amide bonds. The molecule has 1 aliphatic carbocycles. The fourth-order valence-corrected chi connectivity index (χ4v) is 3.56. The van der Waals surface area contributed by atoms with Crippen molar-refractivity contribution in [2.24, 2.45) is 0 Å². The number of nitrogens with zero attached hydrogens (tertiary/aromatic N) is 2. The number of amides is 2. The number of carbonyl (C=O) groups excluding carboxylic acids is 2. The van der Waals surface area contributed by atoms with Crippen molar-refractivity contribution in [2.75, 3.05) is 5.32 Å². The van der Waals surface area contributed by atoms with Crippen molar-refractivity contribution >= 4 is 17.5 Å². The van der Waals surface area contributed by atoms with Crippen molar-refractivity contribution in [2.45, 2.75) is 31.8 Å². The molecule has 2 aromatic carbocycles. The molecule has 1 aromatic heterocycles. The highest BCUT2D eigenvalue weighted by molar-refractivity contribution is 5.97. The van der Waals surface area contributed by atoms with Crippen LogP contribution in [0.1, 0.15) is 40.4 Å². The molecule has 0 saturated carbocycles. The van der Waals surface area contributed by atoms with Crippen LogP contribution in [0.4, 0.5) is 5.69 Å². The van der Waals surface area contributed by atoms with Crippen LogP contribution in [-0.4, -0.2) is 21.4 Å². The van der Waals surface area contributed by atoms with E-state index in [1.807, 2.05) is 22.9 Å². The van der Waals surface area contributed by atoms with Crippen LogP contribution in [0.2, 0.25) is 0 Å². The Labute approximate surface area is 163 Å². The number of benzene rings is 2. The van der Waals surface area contributed by atoms with Gasteiger partial charge < -0.3 is 15.2 Å². The Morgan fingerprint density at radius 2 is 2.04 bits per heavy atom. The van der Waals surface area contributed by atoms with Crippen LogP contribution in [0.3, 0.4) is 0 Å². The van der Waals surface area contributed by atoms with Gasteiger partial charge in [-0.05, 0) is 42.2 Å². The van der Waals surface area contributed by atoms with Gasteiger partial charge in [0.1, 0.15) is 0 Å². The Kier molecular flexibility index (Phi) is 5.19. The van der Waals surface area contributed by atoms with Crippen molar-refractivity contribution in [1.82, 2.24) is 14.9 Å². The molecule has 0 bridgehead atoms. The summed E-state index contributed by atoms with van der Waals surface area (Å²) in [4.78, 5) is 28.8. The first kappa shape index (κ1) is 18.0. The van der Waals surface area contributed by atoms with Gasteiger partial charge >= 0.3 is 0 Å². The molecular formula is C22H22N4O2. The average molecular weight is 374 g/mol. The molecule has 0 saturated heterocycles. The zero-order valence-electron chi connectivity index (χ0n) is 15.5. The maximum absolute atomic E-state index is 12.7. The van der Waals surface area contributed by atoms with Crippen LogP contribution in [0.15, 0.2) is 67.3 Å². The molecule has 28 heavy (non-hydrogen) atoms. The van der Waals surface area contributed by atoms with Crippen molar-refractivity contribution in [1.29, 1.82) is 0 Å². The lowest BCUT2D eigenvalue weighted by molar-refractivity contribution is -0.116. The summed E-state index contributed by atoms with van der Waals surface area (Å²) in [6, 6.07) is 15.3. The SMILES string of the molecule is O=C(CCn1ccnc1)Nc1cccc(C(=O)N[C@H]2CCc3ccccc32)c1. The lowest BCUT2D eigenvalue weighted by Crippen LogP contribution is -2.27. The largest absolute Gasteiger partial charge is 0.345 e. The minimum absolute atomic E-state index is 0.0390. The predicted molar refractivity (Wildman–Crippen MR) is 107 cm³/mol. The van der Waals surface area contributed by atoms with Gasteiger partial charge in [0.15, 0.2) is 0 Å². The number of anilines is 1. The van der Waals surface area contributed by atoms with E-state index in [0.717, 1.165) is 12.8 Å². The quantitative estimate of drug-likeness (QED) is 0.695. The molecular weight excluding hydrogens is 352 g/mol. The Bertz CT molecular complexity index is 982. The van der Waals surface area contributed by atoms with Gasteiger partial charge in [0.25, 0.3) is 5.91 Å². The van der Waals surface area contributed by atoms with Crippen LogP contribution in [0.5, 0.6) is 0 Å². The number of imidazole rings is 1. The van der Waals surface area contributed by atoms with Crippen LogP contribution >= 0.6 is 0 Å². The second kappa shape index (κ2) is 8.08. The van der Waals surface area contributed by atoms with Gasteiger partial charge in [-0.2, -0.15) is 0 Å². The molecule has 0 spiro atoms. The summed E-state index contributed by atoms with van der Waals surface area (Å²) in [5.41, 5.74) is 3.65. The highest BCUT2D eigenvalue weighted by Crippen LogP contribution is 2.31. The predicted octanol–water partition coefficient (Wildman–Crippen LogP) is 3.33. The van der Waals surface area contributed by atoms with E-state index >= 15 is 0 Å². The topological polar surface area (TPSA) is 76.0 Å². The van der Waals surface area contributed by atoms with Crippen molar-refractivity contribution in [3.05, 3.63) is 83.9 Å². The van der Waals surface area contributed by atoms with Gasteiger partial charge in [0.2, 0.25) is 5.91 Å². The van der Waals surface area contributed by atoms with E-state index in [2.05, 4.69) is 27.8 Å². The molecule has 1 atom stereocenters. The summed E-state index contributed by atoms with van der Waals surface area (Å²) in [5, 5.41) is 5.97. The molecule has 0 radical (unpaired) electrons. The maximum atomic E-state index is 12.7. The first-order chi connectivity index (χ1) is 13.7. The van der Waals surface area contributed by atoms with E-state index in [1.54, 1.807) is 36.8 Å². The number of nitrogens with one attached hydrogen (secondary N) is 2. The molecule has 142 valence electrons. The first-order valence-corrected chi connectivity index (χ1v) is 9.43. The normalized spacial score (nSPS) is 15.1. The summed E-state index contributed by atoms with van der Waals surface area (Å²) in [5.74, 6) is -0.229. The minimum Gasteiger partial charge on any atom is -0.345 e. The van der Waals surface area contributed by atoms with Gasteiger partial charge in [0, 0.05) is 36.6 Å². The number of aryl methyl sites for hydroxylation is 2. The lowest BCUT2D eigenvalue weighted by Gasteiger charge is -2.15. The van der Waals surface area contributed by atoms with Gasteiger partial charge in [-0.15, -0.1) is 0 Å². The lowest BCUT2D eigenvalue weighted by atomic mass is 10.1. The zero-order valence-corrected chi connectivity index (χ0v) is 15.5. The van der Waals surface area contributed by atoms with E-state index in [9.17, 15) is 9.59 Å². The number of aromatic nitrogens is 2. The van der Waals surface area contributed by atoms with Crippen LogP contribution in [0.25, 0.3) is 0 Å². The van der Waals surface area contributed by atoms with Crippen molar-refractivity contribution in [3.8, 4) is 0 Å². The minimum atomic E-state index is -0.129. The molecule has 4 rings (SSSR count). The third-order valence-corrected chi connectivity index (χ3v) is 5.00. The number of hydrogen-bond acceptors (Lipinski definition) is 3. The average Bonchev–Trinajstić information content (AvgIpc) is 3.37. The zero-order chi connectivity index (χ0) is 19.3. The molecule has 6 nitrogen and oxygen atoms in total. The number of hydrogen-bond donors (Lipinski definition) is 2. The van der Waals surface area contributed by atoms with E-state index in [1.165, 1.54) is 11.1 Å². The van der Waals surface area contributed by atoms with Gasteiger partial charge in [-0.1, -0.05) is 30.3 Å². The standard InChI is InChI=1S/C22H22N4O2/c27-21(10-12-26-13-11-23-15-26)24-18-6-3-5-17(14-18)22(28)25-20-9-8-16-4-1-2-7-19(16)20/h1-7,11,13-15,20H,8-10,12H2,(H,24,27)(H,25,28)/t20-/m0/s1. The fourth-order valence-electron chi connectivity index (χ4n) is 3.56. The van der Waals surface area contributed by atoms with E-state index in [-0.39, 0.29) is 17.9 Å². The summed E-state index contributed by atoms with van der Waals surface area (Å²) in [6.07, 6.45) is 7.41. The molecule has 6 heteroatoms. The van der Waals surface area contributed by atoms with Crippen molar-refractivity contribution in [3.63, 3.8) is 0 Å². The fraction of sp³-hybridized carbons (Fsp3) is 0.227. The number of carbonyl (C=O) groups is 2. The van der Waals surface area contributed by atoms with Gasteiger partial charge in [-0.25, -0.2) is 4.98 Å².